The van der Waals surface area contributed by atoms with Gasteiger partial charge in [-0.15, -0.1) is 0 Å². The van der Waals surface area contributed by atoms with Crippen LogP contribution in [0.2, 0.25) is 0 Å². The van der Waals surface area contributed by atoms with Crippen LogP contribution >= 0.6 is 0 Å². The molecule has 6 heteroatoms. The van der Waals surface area contributed by atoms with Gasteiger partial charge in [-0.3, -0.25) is 14.4 Å². The Morgan fingerprint density at radius 3 is 1.45 bits per heavy atom. The molecule has 1 fully saturated rings. The maximum absolute atomic E-state index is 12.4. The number of esters is 2. The summed E-state index contributed by atoms with van der Waals surface area (Å²) in [5.74, 6) is -2.28. The van der Waals surface area contributed by atoms with Gasteiger partial charge in [-0.05, 0) is 56.8 Å². The van der Waals surface area contributed by atoms with Gasteiger partial charge < -0.3 is 14.6 Å². The maximum atomic E-state index is 12.4. The number of carbonyl (C=O) groups excluding carboxylic acids is 2. The molecular weight excluding hydrogens is 372 g/mol. The van der Waals surface area contributed by atoms with Crippen molar-refractivity contribution >= 4 is 17.9 Å². The van der Waals surface area contributed by atoms with Gasteiger partial charge in [0.1, 0.15) is 0 Å². The molecule has 168 valence electrons. The number of carbonyl (C=O) groups is 3. The summed E-state index contributed by atoms with van der Waals surface area (Å²) in [5.41, 5.74) is 0. The average Bonchev–Trinajstić information content (AvgIpc) is 2.66. The summed E-state index contributed by atoms with van der Waals surface area (Å²) in [6.45, 7) is 9.33. The fourth-order valence-electron chi connectivity index (χ4n) is 3.80. The first-order chi connectivity index (χ1) is 13.7. The largest absolute Gasteiger partial charge is 0.481 e. The van der Waals surface area contributed by atoms with Crippen LogP contribution < -0.4 is 0 Å². The third-order valence-corrected chi connectivity index (χ3v) is 5.56. The minimum absolute atomic E-state index is 0.234. The number of carboxylic acid groups (broad SMARTS) is 1. The first-order valence-electron chi connectivity index (χ1n) is 11.3. The quantitative estimate of drug-likeness (QED) is 0.344. The van der Waals surface area contributed by atoms with Crippen LogP contribution in [-0.4, -0.2) is 36.2 Å². The van der Waals surface area contributed by atoms with Gasteiger partial charge in [-0.2, -0.15) is 0 Å². The summed E-state index contributed by atoms with van der Waals surface area (Å²) in [6, 6.07) is 0. The van der Waals surface area contributed by atoms with Crippen LogP contribution in [0.15, 0.2) is 0 Å². The number of ether oxygens (including phenoxy) is 2. The summed E-state index contributed by atoms with van der Waals surface area (Å²) in [4.78, 5) is 36.4. The van der Waals surface area contributed by atoms with Gasteiger partial charge in [0.2, 0.25) is 0 Å². The van der Waals surface area contributed by atoms with E-state index in [0.717, 1.165) is 38.5 Å². The standard InChI is InChI=1S/C23H40O6/c1-16(2)9-5-7-11-28-22(26)19-13-18(21(24)25)14-20(15-19)23(27)29-12-8-6-10-17(3)4/h16-20H,5-15H2,1-4H3,(H,24,25). The molecule has 0 saturated heterocycles. The van der Waals surface area contributed by atoms with E-state index in [4.69, 9.17) is 9.47 Å². The second-order valence-corrected chi connectivity index (χ2v) is 9.25. The van der Waals surface area contributed by atoms with E-state index >= 15 is 0 Å². The first-order valence-corrected chi connectivity index (χ1v) is 11.3. The molecule has 0 radical (unpaired) electrons. The first kappa shape index (κ1) is 25.4. The molecule has 0 heterocycles. The molecular formula is C23H40O6. The zero-order chi connectivity index (χ0) is 21.8. The van der Waals surface area contributed by atoms with Crippen molar-refractivity contribution in [3.05, 3.63) is 0 Å². The summed E-state index contributed by atoms with van der Waals surface area (Å²) in [5, 5.41) is 9.43. The van der Waals surface area contributed by atoms with Gasteiger partial charge in [-0.25, -0.2) is 0 Å². The molecule has 6 nitrogen and oxygen atoms in total. The summed E-state index contributed by atoms with van der Waals surface area (Å²) in [6.07, 6.45) is 6.58. The second kappa shape index (κ2) is 13.6. The van der Waals surface area contributed by atoms with Gasteiger partial charge in [0, 0.05) is 0 Å². The smallest absolute Gasteiger partial charge is 0.308 e. The van der Waals surface area contributed by atoms with Crippen molar-refractivity contribution in [2.75, 3.05) is 13.2 Å². The van der Waals surface area contributed by atoms with Crippen LogP contribution in [0.3, 0.4) is 0 Å². The molecule has 0 amide bonds. The number of hydrogen-bond donors (Lipinski definition) is 1. The van der Waals surface area contributed by atoms with E-state index < -0.39 is 23.7 Å². The zero-order valence-corrected chi connectivity index (χ0v) is 18.7. The molecule has 0 spiro atoms. The zero-order valence-electron chi connectivity index (χ0n) is 18.7. The van der Waals surface area contributed by atoms with E-state index in [0.29, 0.717) is 31.5 Å². The summed E-state index contributed by atoms with van der Waals surface area (Å²) < 4.78 is 10.7. The molecule has 2 unspecified atom stereocenters. The van der Waals surface area contributed by atoms with Crippen molar-refractivity contribution in [2.24, 2.45) is 29.6 Å². The minimum atomic E-state index is -0.964. The van der Waals surface area contributed by atoms with E-state index in [1.807, 2.05) is 0 Å². The van der Waals surface area contributed by atoms with Crippen molar-refractivity contribution in [2.45, 2.75) is 85.5 Å². The number of unbranched alkanes of at least 4 members (excludes halogenated alkanes) is 2. The Kier molecular flexibility index (Phi) is 11.9. The molecule has 29 heavy (non-hydrogen) atoms. The topological polar surface area (TPSA) is 89.9 Å². The molecule has 0 bridgehead atoms. The number of rotatable bonds is 13. The molecule has 2 atom stereocenters. The Morgan fingerprint density at radius 1 is 0.724 bits per heavy atom. The van der Waals surface area contributed by atoms with Crippen LogP contribution in [-0.2, 0) is 23.9 Å². The highest BCUT2D eigenvalue weighted by Gasteiger charge is 2.40. The third-order valence-electron chi connectivity index (χ3n) is 5.56. The second-order valence-electron chi connectivity index (χ2n) is 9.25. The Labute approximate surface area is 175 Å². The van der Waals surface area contributed by atoms with Crippen molar-refractivity contribution in [3.63, 3.8) is 0 Å². The predicted molar refractivity (Wildman–Crippen MR) is 111 cm³/mol. The van der Waals surface area contributed by atoms with E-state index in [1.165, 1.54) is 0 Å². The number of carboxylic acids is 1. The van der Waals surface area contributed by atoms with E-state index in [2.05, 4.69) is 27.7 Å². The highest BCUT2D eigenvalue weighted by molar-refractivity contribution is 5.79. The van der Waals surface area contributed by atoms with Crippen molar-refractivity contribution in [1.82, 2.24) is 0 Å². The molecule has 1 aliphatic carbocycles. The third kappa shape index (κ3) is 10.7. The number of hydrogen-bond acceptors (Lipinski definition) is 5. The Morgan fingerprint density at radius 2 is 1.10 bits per heavy atom. The fourth-order valence-corrected chi connectivity index (χ4v) is 3.80. The maximum Gasteiger partial charge on any atom is 0.308 e. The molecule has 1 rings (SSSR count). The molecule has 1 N–H and O–H groups in total. The SMILES string of the molecule is CC(C)CCCCOC(=O)C1CC(C(=O)O)CC(C(=O)OCCCCC(C)C)C1. The van der Waals surface area contributed by atoms with Crippen LogP contribution in [0.1, 0.15) is 85.5 Å². The Hall–Kier alpha value is -1.59. The van der Waals surface area contributed by atoms with Gasteiger partial charge >= 0.3 is 17.9 Å². The Bertz CT molecular complexity index is 475. The van der Waals surface area contributed by atoms with Gasteiger partial charge in [0.15, 0.2) is 0 Å². The minimum Gasteiger partial charge on any atom is -0.481 e. The van der Waals surface area contributed by atoms with E-state index in [9.17, 15) is 19.5 Å². The van der Waals surface area contributed by atoms with Crippen molar-refractivity contribution in [3.8, 4) is 0 Å². The Balaban J connectivity index is 2.47. The molecule has 1 saturated carbocycles. The summed E-state index contributed by atoms with van der Waals surface area (Å²) in [7, 11) is 0. The fraction of sp³-hybridized carbons (Fsp3) is 0.870. The average molecular weight is 413 g/mol. The van der Waals surface area contributed by atoms with E-state index in [-0.39, 0.29) is 24.8 Å². The lowest BCUT2D eigenvalue weighted by Gasteiger charge is -2.30. The lowest BCUT2D eigenvalue weighted by molar-refractivity contribution is -0.159. The van der Waals surface area contributed by atoms with Crippen LogP contribution in [0, 0.1) is 29.6 Å². The van der Waals surface area contributed by atoms with Gasteiger partial charge in [0.25, 0.3) is 0 Å². The molecule has 1 aliphatic rings. The molecule has 0 aromatic rings. The van der Waals surface area contributed by atoms with E-state index in [1.54, 1.807) is 0 Å². The lowest BCUT2D eigenvalue weighted by Crippen LogP contribution is -2.36. The van der Waals surface area contributed by atoms with Crippen LogP contribution in [0.5, 0.6) is 0 Å². The molecule has 0 aliphatic heterocycles. The molecule has 0 aromatic heterocycles. The normalized spacial score (nSPS) is 21.9. The monoisotopic (exact) mass is 412 g/mol. The summed E-state index contributed by atoms with van der Waals surface area (Å²) >= 11 is 0. The van der Waals surface area contributed by atoms with Crippen LogP contribution in [0.4, 0.5) is 0 Å². The number of aliphatic carboxylic acids is 1. The van der Waals surface area contributed by atoms with Crippen molar-refractivity contribution in [1.29, 1.82) is 0 Å². The predicted octanol–water partition coefficient (Wildman–Crippen LogP) is 4.84. The highest BCUT2D eigenvalue weighted by atomic mass is 16.5. The van der Waals surface area contributed by atoms with Crippen molar-refractivity contribution < 1.29 is 29.0 Å². The van der Waals surface area contributed by atoms with Gasteiger partial charge in [-0.1, -0.05) is 40.5 Å². The van der Waals surface area contributed by atoms with Crippen LogP contribution in [0.25, 0.3) is 0 Å². The lowest BCUT2D eigenvalue weighted by atomic mass is 9.75. The molecule has 0 aromatic carbocycles. The highest BCUT2D eigenvalue weighted by Crippen LogP contribution is 2.35. The van der Waals surface area contributed by atoms with Gasteiger partial charge in [0.05, 0.1) is 31.0 Å².